The summed E-state index contributed by atoms with van der Waals surface area (Å²) in [6.45, 7) is 4.37. The Morgan fingerprint density at radius 1 is 0.727 bits per heavy atom. The lowest BCUT2D eigenvalue weighted by Gasteiger charge is -2.34. The summed E-state index contributed by atoms with van der Waals surface area (Å²) in [6.07, 6.45) is 0. The molecule has 1 fully saturated rings. The average Bonchev–Trinajstić information content (AvgIpc) is 2.89. The molecular formula is C27H28N2O4. The summed E-state index contributed by atoms with van der Waals surface area (Å²) in [7, 11) is 1.64. The van der Waals surface area contributed by atoms with Gasteiger partial charge in [0.15, 0.2) is 5.78 Å². The molecule has 1 saturated heterocycles. The van der Waals surface area contributed by atoms with Crippen LogP contribution in [0.5, 0.6) is 11.5 Å². The van der Waals surface area contributed by atoms with Crippen molar-refractivity contribution in [1.29, 1.82) is 0 Å². The largest absolute Gasteiger partial charge is 0.497 e. The maximum Gasteiger partial charge on any atom is 0.253 e. The fourth-order valence-electron chi connectivity index (χ4n) is 3.84. The Labute approximate surface area is 194 Å². The molecule has 0 N–H and O–H groups in total. The second kappa shape index (κ2) is 10.8. The van der Waals surface area contributed by atoms with E-state index in [2.05, 4.69) is 4.90 Å². The first-order valence-corrected chi connectivity index (χ1v) is 11.1. The molecule has 1 heterocycles. The van der Waals surface area contributed by atoms with E-state index in [4.69, 9.17) is 9.47 Å². The van der Waals surface area contributed by atoms with E-state index in [1.54, 1.807) is 43.5 Å². The van der Waals surface area contributed by atoms with Crippen molar-refractivity contribution in [2.24, 2.45) is 0 Å². The van der Waals surface area contributed by atoms with E-state index in [1.807, 2.05) is 47.4 Å². The van der Waals surface area contributed by atoms with Crippen molar-refractivity contribution in [1.82, 2.24) is 9.80 Å². The van der Waals surface area contributed by atoms with Gasteiger partial charge in [-0.05, 0) is 36.4 Å². The molecule has 0 radical (unpaired) electrons. The molecular weight excluding hydrogens is 416 g/mol. The van der Waals surface area contributed by atoms with Crippen molar-refractivity contribution in [2.45, 2.75) is 0 Å². The van der Waals surface area contributed by atoms with Crippen LogP contribution in [0.4, 0.5) is 0 Å². The number of methoxy groups -OCH3 is 1. The van der Waals surface area contributed by atoms with Crippen LogP contribution in [0, 0.1) is 0 Å². The first kappa shape index (κ1) is 22.6. The van der Waals surface area contributed by atoms with Crippen molar-refractivity contribution >= 4 is 11.7 Å². The van der Waals surface area contributed by atoms with Crippen molar-refractivity contribution in [2.75, 3.05) is 46.4 Å². The number of ketones is 1. The summed E-state index contributed by atoms with van der Waals surface area (Å²) in [5, 5.41) is 0. The molecule has 4 rings (SSSR count). The third-order valence-electron chi connectivity index (χ3n) is 5.83. The highest BCUT2D eigenvalue weighted by molar-refractivity contribution is 6.09. The van der Waals surface area contributed by atoms with Crippen molar-refractivity contribution in [3.05, 3.63) is 95.6 Å². The summed E-state index contributed by atoms with van der Waals surface area (Å²) in [5.74, 6) is 1.59. The van der Waals surface area contributed by atoms with E-state index in [-0.39, 0.29) is 11.7 Å². The number of hydrogen-bond donors (Lipinski definition) is 0. The van der Waals surface area contributed by atoms with Gasteiger partial charge in [-0.25, -0.2) is 0 Å². The van der Waals surface area contributed by atoms with E-state index in [1.165, 1.54) is 0 Å². The molecule has 0 aromatic heterocycles. The number of carbonyl (C=O) groups is 2. The number of carbonyl (C=O) groups excluding carboxylic acids is 2. The van der Waals surface area contributed by atoms with E-state index >= 15 is 0 Å². The second-order valence-corrected chi connectivity index (χ2v) is 7.93. The molecule has 0 unspecified atom stereocenters. The van der Waals surface area contributed by atoms with Crippen molar-refractivity contribution < 1.29 is 19.1 Å². The van der Waals surface area contributed by atoms with Crippen LogP contribution in [0.3, 0.4) is 0 Å². The Kier molecular flexibility index (Phi) is 7.37. The summed E-state index contributed by atoms with van der Waals surface area (Å²) >= 11 is 0. The van der Waals surface area contributed by atoms with Crippen LogP contribution in [0.15, 0.2) is 78.9 Å². The average molecular weight is 445 g/mol. The minimum atomic E-state index is -0.0416. The van der Waals surface area contributed by atoms with E-state index in [9.17, 15) is 9.59 Å². The van der Waals surface area contributed by atoms with Crippen LogP contribution >= 0.6 is 0 Å². The molecule has 0 aliphatic carbocycles. The van der Waals surface area contributed by atoms with Gasteiger partial charge in [-0.1, -0.05) is 42.5 Å². The van der Waals surface area contributed by atoms with Crippen LogP contribution in [-0.4, -0.2) is 67.9 Å². The molecule has 170 valence electrons. The lowest BCUT2D eigenvalue weighted by molar-refractivity contribution is 0.0620. The number of benzene rings is 3. The van der Waals surface area contributed by atoms with Crippen molar-refractivity contribution in [3.63, 3.8) is 0 Å². The molecule has 33 heavy (non-hydrogen) atoms. The molecule has 0 saturated carbocycles. The lowest BCUT2D eigenvalue weighted by Crippen LogP contribution is -2.49. The number of rotatable bonds is 8. The topological polar surface area (TPSA) is 59.1 Å². The normalized spacial score (nSPS) is 14.0. The number of hydrogen-bond acceptors (Lipinski definition) is 5. The van der Waals surface area contributed by atoms with Crippen LogP contribution in [0.1, 0.15) is 26.3 Å². The molecule has 0 spiro atoms. The fourth-order valence-corrected chi connectivity index (χ4v) is 3.84. The van der Waals surface area contributed by atoms with Crippen molar-refractivity contribution in [3.8, 4) is 11.5 Å². The zero-order valence-electron chi connectivity index (χ0n) is 18.8. The molecule has 0 bridgehead atoms. The standard InChI is InChI=1S/C27H28N2O4/c1-32-24-11-13-25(14-12-24)33-20-19-28-15-17-29(18-16-28)27(31)23-9-7-22(8-10-23)26(30)21-5-3-2-4-6-21/h2-14H,15-20H2,1H3. The Morgan fingerprint density at radius 3 is 1.94 bits per heavy atom. The monoisotopic (exact) mass is 444 g/mol. The van der Waals surface area contributed by atoms with Gasteiger partial charge in [0.1, 0.15) is 18.1 Å². The summed E-state index contributed by atoms with van der Waals surface area (Å²) in [4.78, 5) is 29.6. The SMILES string of the molecule is COc1ccc(OCCN2CCN(C(=O)c3ccc(C(=O)c4ccccc4)cc3)CC2)cc1. The van der Waals surface area contributed by atoms with Crippen LogP contribution in [-0.2, 0) is 0 Å². The third kappa shape index (κ3) is 5.79. The number of amides is 1. The Bertz CT molecular complexity index is 1060. The van der Waals surface area contributed by atoms with Gasteiger partial charge in [-0.15, -0.1) is 0 Å². The Morgan fingerprint density at radius 2 is 1.30 bits per heavy atom. The molecule has 6 heteroatoms. The smallest absolute Gasteiger partial charge is 0.253 e. The van der Waals surface area contributed by atoms with Gasteiger partial charge in [0, 0.05) is 49.4 Å². The fraction of sp³-hybridized carbons (Fsp3) is 0.259. The number of nitrogens with zero attached hydrogens (tertiary/aromatic N) is 2. The minimum absolute atomic E-state index is 0.00263. The first-order chi connectivity index (χ1) is 16.1. The summed E-state index contributed by atoms with van der Waals surface area (Å²) < 4.78 is 11.0. The maximum atomic E-state index is 12.9. The van der Waals surface area contributed by atoms with Gasteiger partial charge in [0.25, 0.3) is 5.91 Å². The minimum Gasteiger partial charge on any atom is -0.497 e. The number of piperazine rings is 1. The molecule has 3 aromatic carbocycles. The van der Waals surface area contributed by atoms with E-state index in [0.717, 1.165) is 31.1 Å². The summed E-state index contributed by atoms with van der Waals surface area (Å²) in [6, 6.07) is 23.7. The lowest BCUT2D eigenvalue weighted by atomic mass is 10.0. The van der Waals surface area contributed by atoms with Gasteiger partial charge in [0.2, 0.25) is 0 Å². The predicted octanol–water partition coefficient (Wildman–Crippen LogP) is 3.76. The van der Waals surface area contributed by atoms with Gasteiger partial charge >= 0.3 is 0 Å². The van der Waals surface area contributed by atoms with Crippen LogP contribution in [0.2, 0.25) is 0 Å². The predicted molar refractivity (Wildman–Crippen MR) is 127 cm³/mol. The summed E-state index contributed by atoms with van der Waals surface area (Å²) in [5.41, 5.74) is 1.83. The molecule has 3 aromatic rings. The van der Waals surface area contributed by atoms with E-state index < -0.39 is 0 Å². The molecule has 1 aliphatic heterocycles. The second-order valence-electron chi connectivity index (χ2n) is 7.93. The first-order valence-electron chi connectivity index (χ1n) is 11.1. The molecule has 0 atom stereocenters. The Balaban J connectivity index is 1.23. The van der Waals surface area contributed by atoms with E-state index in [0.29, 0.717) is 36.4 Å². The zero-order chi connectivity index (χ0) is 23.0. The van der Waals surface area contributed by atoms with Gasteiger partial charge in [-0.3, -0.25) is 14.5 Å². The highest BCUT2D eigenvalue weighted by Gasteiger charge is 2.22. The highest BCUT2D eigenvalue weighted by atomic mass is 16.5. The highest BCUT2D eigenvalue weighted by Crippen LogP contribution is 2.17. The maximum absolute atomic E-state index is 12.9. The quantitative estimate of drug-likeness (QED) is 0.495. The Hall–Kier alpha value is -3.64. The van der Waals surface area contributed by atoms with Gasteiger partial charge in [0.05, 0.1) is 7.11 Å². The molecule has 6 nitrogen and oxygen atoms in total. The zero-order valence-corrected chi connectivity index (χ0v) is 18.8. The molecule has 1 amide bonds. The number of ether oxygens (including phenoxy) is 2. The van der Waals surface area contributed by atoms with Crippen LogP contribution < -0.4 is 9.47 Å². The molecule has 1 aliphatic rings. The van der Waals surface area contributed by atoms with Crippen LogP contribution in [0.25, 0.3) is 0 Å². The van der Waals surface area contributed by atoms with Gasteiger partial charge in [-0.2, -0.15) is 0 Å². The van der Waals surface area contributed by atoms with Gasteiger partial charge < -0.3 is 14.4 Å². The third-order valence-corrected chi connectivity index (χ3v) is 5.83.